The summed E-state index contributed by atoms with van der Waals surface area (Å²) >= 11 is 0. The average molecular weight is 293 g/mol. The highest BCUT2D eigenvalue weighted by Gasteiger charge is 2.49. The summed E-state index contributed by atoms with van der Waals surface area (Å²) in [5.41, 5.74) is 1.27. The van der Waals surface area contributed by atoms with E-state index in [0.29, 0.717) is 18.1 Å². The summed E-state index contributed by atoms with van der Waals surface area (Å²) in [6.07, 6.45) is 1.38. The van der Waals surface area contributed by atoms with Gasteiger partial charge < -0.3 is 10.1 Å². The summed E-state index contributed by atoms with van der Waals surface area (Å²) in [6, 6.07) is 7.41. The second-order valence-electron chi connectivity index (χ2n) is 7.27. The van der Waals surface area contributed by atoms with E-state index >= 15 is 0 Å². The Hall–Kier alpha value is -0.930. The molecule has 21 heavy (non-hydrogen) atoms. The van der Waals surface area contributed by atoms with Gasteiger partial charge in [0.15, 0.2) is 0 Å². The fourth-order valence-corrected chi connectivity index (χ4v) is 2.91. The Kier molecular flexibility index (Phi) is 5.05. The third-order valence-electron chi connectivity index (χ3n) is 4.63. The Morgan fingerprint density at radius 2 is 1.86 bits per heavy atom. The first-order chi connectivity index (χ1) is 9.80. The summed E-state index contributed by atoms with van der Waals surface area (Å²) in [7, 11) is 0. The van der Waals surface area contributed by atoms with Gasteiger partial charge in [-0.3, -0.25) is 0 Å². The van der Waals surface area contributed by atoms with Gasteiger partial charge in [0.05, 0.1) is 6.10 Å². The number of nitrogens with one attached hydrogen (secondary N) is 1. The lowest BCUT2D eigenvalue weighted by atomic mass is 9.64. The zero-order valence-electron chi connectivity index (χ0n) is 13.8. The number of halogens is 1. The maximum Gasteiger partial charge on any atom is 0.123 e. The molecule has 1 aliphatic rings. The van der Waals surface area contributed by atoms with E-state index in [4.69, 9.17) is 4.74 Å². The molecule has 2 rings (SSSR count). The summed E-state index contributed by atoms with van der Waals surface area (Å²) < 4.78 is 19.0. The highest BCUT2D eigenvalue weighted by atomic mass is 19.1. The summed E-state index contributed by atoms with van der Waals surface area (Å²) in [6.45, 7) is 11.8. The van der Waals surface area contributed by atoms with Crippen molar-refractivity contribution in [2.75, 3.05) is 6.61 Å². The van der Waals surface area contributed by atoms with Crippen molar-refractivity contribution in [1.82, 2.24) is 5.32 Å². The van der Waals surface area contributed by atoms with Crippen LogP contribution in [0.4, 0.5) is 4.39 Å². The first-order valence-electron chi connectivity index (χ1n) is 7.93. The Labute approximate surface area is 128 Å². The SMILES string of the molecule is CC(C)COC1CC(N[C@H](C)c2ccc(F)cc2)C1(C)C. The molecule has 118 valence electrons. The molecule has 2 unspecified atom stereocenters. The molecule has 0 radical (unpaired) electrons. The Balaban J connectivity index is 1.88. The van der Waals surface area contributed by atoms with E-state index in [2.05, 4.69) is 39.9 Å². The second-order valence-corrected chi connectivity index (χ2v) is 7.27. The highest BCUT2D eigenvalue weighted by Crippen LogP contribution is 2.43. The molecule has 2 nitrogen and oxygen atoms in total. The molecule has 0 heterocycles. The molecule has 0 saturated heterocycles. The summed E-state index contributed by atoms with van der Waals surface area (Å²) in [4.78, 5) is 0. The van der Waals surface area contributed by atoms with E-state index in [0.717, 1.165) is 18.6 Å². The van der Waals surface area contributed by atoms with Crippen molar-refractivity contribution in [1.29, 1.82) is 0 Å². The van der Waals surface area contributed by atoms with Crippen LogP contribution in [0.1, 0.15) is 52.6 Å². The lowest BCUT2D eigenvalue weighted by Gasteiger charge is -2.53. The number of ether oxygens (including phenoxy) is 1. The van der Waals surface area contributed by atoms with E-state index < -0.39 is 0 Å². The molecule has 3 atom stereocenters. The molecule has 0 aliphatic heterocycles. The minimum Gasteiger partial charge on any atom is -0.377 e. The third kappa shape index (κ3) is 3.83. The molecule has 0 bridgehead atoms. The van der Waals surface area contributed by atoms with Crippen LogP contribution in [0, 0.1) is 17.2 Å². The standard InChI is InChI=1S/C18H28FNO/c1-12(2)11-21-17-10-16(18(17,4)5)20-13(3)14-6-8-15(19)9-7-14/h6-9,12-13,16-17,20H,10-11H2,1-5H3/t13-,16?,17?/m1/s1. The van der Waals surface area contributed by atoms with Gasteiger partial charge in [-0.15, -0.1) is 0 Å². The van der Waals surface area contributed by atoms with Crippen LogP contribution in [0.25, 0.3) is 0 Å². The quantitative estimate of drug-likeness (QED) is 0.843. The monoisotopic (exact) mass is 293 g/mol. The van der Waals surface area contributed by atoms with Crippen molar-refractivity contribution < 1.29 is 9.13 Å². The molecule has 1 N–H and O–H groups in total. The van der Waals surface area contributed by atoms with Crippen LogP contribution in [0.5, 0.6) is 0 Å². The smallest absolute Gasteiger partial charge is 0.123 e. The number of benzene rings is 1. The third-order valence-corrected chi connectivity index (χ3v) is 4.63. The van der Waals surface area contributed by atoms with Gasteiger partial charge in [-0.25, -0.2) is 4.39 Å². The van der Waals surface area contributed by atoms with Gasteiger partial charge in [0.1, 0.15) is 5.82 Å². The summed E-state index contributed by atoms with van der Waals surface area (Å²) in [5.74, 6) is 0.392. The Bertz CT molecular complexity index is 455. The van der Waals surface area contributed by atoms with Crippen LogP contribution >= 0.6 is 0 Å². The molecule has 1 aromatic carbocycles. The van der Waals surface area contributed by atoms with Crippen molar-refractivity contribution in [3.05, 3.63) is 35.6 Å². The van der Waals surface area contributed by atoms with Crippen LogP contribution < -0.4 is 5.32 Å². The minimum atomic E-state index is -0.183. The molecule has 0 amide bonds. The second kappa shape index (κ2) is 6.45. The van der Waals surface area contributed by atoms with Crippen LogP contribution in [0.3, 0.4) is 0 Å². The number of hydrogen-bond acceptors (Lipinski definition) is 2. The first-order valence-corrected chi connectivity index (χ1v) is 7.93. The maximum atomic E-state index is 13.0. The van der Waals surface area contributed by atoms with Gasteiger partial charge in [0, 0.05) is 24.1 Å². The van der Waals surface area contributed by atoms with Gasteiger partial charge in [-0.05, 0) is 37.0 Å². The topological polar surface area (TPSA) is 21.3 Å². The fourth-order valence-electron chi connectivity index (χ4n) is 2.91. The van der Waals surface area contributed by atoms with Crippen molar-refractivity contribution in [2.24, 2.45) is 11.3 Å². The van der Waals surface area contributed by atoms with E-state index in [-0.39, 0.29) is 17.3 Å². The van der Waals surface area contributed by atoms with Crippen molar-refractivity contribution in [3.63, 3.8) is 0 Å². The molecule has 0 aromatic heterocycles. The van der Waals surface area contributed by atoms with Gasteiger partial charge in [0.25, 0.3) is 0 Å². The van der Waals surface area contributed by atoms with E-state index in [9.17, 15) is 4.39 Å². The lowest BCUT2D eigenvalue weighted by molar-refractivity contribution is -0.125. The minimum absolute atomic E-state index is 0.142. The predicted molar refractivity (Wildman–Crippen MR) is 84.7 cm³/mol. The molecule has 1 fully saturated rings. The van der Waals surface area contributed by atoms with Crippen LogP contribution in [-0.4, -0.2) is 18.8 Å². The Morgan fingerprint density at radius 1 is 1.24 bits per heavy atom. The van der Waals surface area contributed by atoms with Crippen LogP contribution in [0.15, 0.2) is 24.3 Å². The highest BCUT2D eigenvalue weighted by molar-refractivity contribution is 5.20. The lowest BCUT2D eigenvalue weighted by Crippen LogP contribution is -2.61. The van der Waals surface area contributed by atoms with Crippen molar-refractivity contribution in [2.45, 2.75) is 59.2 Å². The fraction of sp³-hybridized carbons (Fsp3) is 0.667. The zero-order valence-corrected chi connectivity index (χ0v) is 13.8. The van der Waals surface area contributed by atoms with E-state index in [1.165, 1.54) is 12.1 Å². The van der Waals surface area contributed by atoms with Crippen molar-refractivity contribution in [3.8, 4) is 0 Å². The van der Waals surface area contributed by atoms with E-state index in [1.54, 1.807) is 0 Å². The molecule has 1 saturated carbocycles. The number of rotatable bonds is 6. The van der Waals surface area contributed by atoms with Crippen LogP contribution in [-0.2, 0) is 4.74 Å². The predicted octanol–water partition coefficient (Wildman–Crippen LogP) is 4.32. The van der Waals surface area contributed by atoms with Crippen molar-refractivity contribution >= 4 is 0 Å². The van der Waals surface area contributed by atoms with Gasteiger partial charge in [0.2, 0.25) is 0 Å². The maximum absolute atomic E-state index is 13.0. The van der Waals surface area contributed by atoms with Crippen LogP contribution in [0.2, 0.25) is 0 Å². The average Bonchev–Trinajstić information content (AvgIpc) is 2.42. The largest absolute Gasteiger partial charge is 0.377 e. The molecule has 1 aliphatic carbocycles. The zero-order chi connectivity index (χ0) is 15.6. The van der Waals surface area contributed by atoms with E-state index in [1.807, 2.05) is 12.1 Å². The molecule has 1 aromatic rings. The molecule has 3 heteroatoms. The van der Waals surface area contributed by atoms with Gasteiger partial charge in [-0.1, -0.05) is 39.8 Å². The molecular weight excluding hydrogens is 265 g/mol. The van der Waals surface area contributed by atoms with Gasteiger partial charge >= 0.3 is 0 Å². The Morgan fingerprint density at radius 3 is 2.38 bits per heavy atom. The first kappa shape index (κ1) is 16.4. The van der Waals surface area contributed by atoms with Gasteiger partial charge in [-0.2, -0.15) is 0 Å². The molecule has 0 spiro atoms. The molecular formula is C18H28FNO. The normalized spacial score (nSPS) is 25.7. The number of hydrogen-bond donors (Lipinski definition) is 1. The summed E-state index contributed by atoms with van der Waals surface area (Å²) in [5, 5.41) is 3.66.